The van der Waals surface area contributed by atoms with Crippen molar-refractivity contribution in [3.63, 3.8) is 0 Å². The lowest BCUT2D eigenvalue weighted by molar-refractivity contribution is 0.162. The normalized spacial score (nSPS) is 15.0. The van der Waals surface area contributed by atoms with E-state index in [0.29, 0.717) is 12.5 Å². The number of aryl methyl sites for hydroxylation is 1. The molecule has 3 heteroatoms. The third-order valence-electron chi connectivity index (χ3n) is 3.67. The van der Waals surface area contributed by atoms with Crippen LogP contribution in [0.4, 0.5) is 0 Å². The molecule has 1 aromatic rings. The molecule has 1 aromatic heterocycles. The van der Waals surface area contributed by atoms with Crippen LogP contribution in [0, 0.1) is 5.92 Å². The van der Waals surface area contributed by atoms with Crippen LogP contribution in [-0.2, 0) is 6.42 Å². The largest absolute Gasteiger partial charge is 0.464 e. The van der Waals surface area contributed by atoms with E-state index < -0.39 is 0 Å². The molecule has 0 spiro atoms. The summed E-state index contributed by atoms with van der Waals surface area (Å²) in [6, 6.07) is 4.36. The van der Waals surface area contributed by atoms with Crippen LogP contribution in [0.3, 0.4) is 0 Å². The summed E-state index contributed by atoms with van der Waals surface area (Å²) in [6.45, 7) is 11.5. The van der Waals surface area contributed by atoms with Gasteiger partial charge in [0.1, 0.15) is 11.5 Å². The first kappa shape index (κ1) is 15.3. The fourth-order valence-corrected chi connectivity index (χ4v) is 2.21. The third-order valence-corrected chi connectivity index (χ3v) is 3.67. The van der Waals surface area contributed by atoms with Crippen LogP contribution in [0.2, 0.25) is 0 Å². The first-order valence-electron chi connectivity index (χ1n) is 7.18. The number of rotatable bonds is 8. The van der Waals surface area contributed by atoms with Gasteiger partial charge in [0, 0.05) is 19.5 Å². The molecule has 0 bridgehead atoms. The van der Waals surface area contributed by atoms with Crippen molar-refractivity contribution in [3.05, 3.63) is 23.7 Å². The Morgan fingerprint density at radius 3 is 2.44 bits per heavy atom. The Balaban J connectivity index is 2.78. The van der Waals surface area contributed by atoms with Gasteiger partial charge in [-0.1, -0.05) is 34.1 Å². The quantitative estimate of drug-likeness (QED) is 0.772. The summed E-state index contributed by atoms with van der Waals surface area (Å²) in [5, 5.41) is 0. The van der Waals surface area contributed by atoms with Crippen LogP contribution in [0.15, 0.2) is 16.5 Å². The van der Waals surface area contributed by atoms with Crippen molar-refractivity contribution in [1.82, 2.24) is 4.90 Å². The predicted molar refractivity (Wildman–Crippen MR) is 76.6 cm³/mol. The van der Waals surface area contributed by atoms with E-state index in [2.05, 4.69) is 44.7 Å². The van der Waals surface area contributed by atoms with Gasteiger partial charge in [-0.05, 0) is 24.6 Å². The summed E-state index contributed by atoms with van der Waals surface area (Å²) < 4.78 is 5.86. The predicted octanol–water partition coefficient (Wildman–Crippen LogP) is 3.21. The van der Waals surface area contributed by atoms with E-state index in [1.807, 2.05) is 0 Å². The Morgan fingerprint density at radius 1 is 1.28 bits per heavy atom. The summed E-state index contributed by atoms with van der Waals surface area (Å²) in [5.41, 5.74) is 5.95. The Labute approximate surface area is 111 Å². The summed E-state index contributed by atoms with van der Waals surface area (Å²) in [7, 11) is 0. The van der Waals surface area contributed by atoms with Gasteiger partial charge in [0.15, 0.2) is 0 Å². The first-order valence-corrected chi connectivity index (χ1v) is 7.18. The monoisotopic (exact) mass is 252 g/mol. The second-order valence-corrected chi connectivity index (χ2v) is 5.01. The van der Waals surface area contributed by atoms with E-state index >= 15 is 0 Å². The molecule has 18 heavy (non-hydrogen) atoms. The molecule has 2 N–H and O–H groups in total. The highest BCUT2D eigenvalue weighted by Gasteiger charge is 2.22. The molecule has 0 aromatic carbocycles. The van der Waals surface area contributed by atoms with Crippen molar-refractivity contribution >= 4 is 0 Å². The maximum atomic E-state index is 5.95. The van der Waals surface area contributed by atoms with Crippen molar-refractivity contribution in [2.45, 2.75) is 46.6 Å². The van der Waals surface area contributed by atoms with E-state index in [1.165, 1.54) is 6.42 Å². The molecule has 0 aliphatic carbocycles. The fraction of sp³-hybridized carbons (Fsp3) is 0.733. The second kappa shape index (κ2) is 7.59. The van der Waals surface area contributed by atoms with Gasteiger partial charge in [-0.15, -0.1) is 0 Å². The molecule has 0 radical (unpaired) electrons. The van der Waals surface area contributed by atoms with Crippen molar-refractivity contribution in [2.75, 3.05) is 19.6 Å². The fourth-order valence-electron chi connectivity index (χ4n) is 2.21. The molecule has 2 atom stereocenters. The molecule has 0 saturated carbocycles. The Hall–Kier alpha value is -0.800. The van der Waals surface area contributed by atoms with Gasteiger partial charge in [-0.25, -0.2) is 0 Å². The van der Waals surface area contributed by atoms with Crippen LogP contribution >= 0.6 is 0 Å². The highest BCUT2D eigenvalue weighted by atomic mass is 16.3. The van der Waals surface area contributed by atoms with Crippen molar-refractivity contribution in [1.29, 1.82) is 0 Å². The molecule has 0 fully saturated rings. The van der Waals surface area contributed by atoms with E-state index in [-0.39, 0.29) is 6.04 Å². The molecule has 3 nitrogen and oxygen atoms in total. The lowest BCUT2D eigenvalue weighted by Crippen LogP contribution is -2.36. The number of likely N-dealkylation sites (N-methyl/N-ethyl adjacent to an activating group) is 1. The number of hydrogen-bond acceptors (Lipinski definition) is 3. The Kier molecular flexibility index (Phi) is 6.44. The first-order chi connectivity index (χ1) is 8.65. The van der Waals surface area contributed by atoms with Gasteiger partial charge in [-0.2, -0.15) is 0 Å². The zero-order valence-electron chi connectivity index (χ0n) is 12.3. The maximum Gasteiger partial charge on any atom is 0.122 e. The zero-order valence-corrected chi connectivity index (χ0v) is 12.3. The van der Waals surface area contributed by atoms with Crippen molar-refractivity contribution < 1.29 is 4.42 Å². The van der Waals surface area contributed by atoms with E-state index in [4.69, 9.17) is 10.2 Å². The molecule has 1 rings (SSSR count). The third kappa shape index (κ3) is 3.85. The van der Waals surface area contributed by atoms with Gasteiger partial charge in [0.25, 0.3) is 0 Å². The van der Waals surface area contributed by atoms with Gasteiger partial charge < -0.3 is 10.2 Å². The minimum atomic E-state index is 0.212. The topological polar surface area (TPSA) is 42.4 Å². The summed E-state index contributed by atoms with van der Waals surface area (Å²) in [4.78, 5) is 2.42. The van der Waals surface area contributed by atoms with E-state index in [1.54, 1.807) is 0 Å². The summed E-state index contributed by atoms with van der Waals surface area (Å²) in [5.74, 6) is 2.75. The molecule has 104 valence electrons. The van der Waals surface area contributed by atoms with Crippen LogP contribution < -0.4 is 5.73 Å². The van der Waals surface area contributed by atoms with Crippen LogP contribution in [0.5, 0.6) is 0 Å². The smallest absolute Gasteiger partial charge is 0.122 e. The average Bonchev–Trinajstić information content (AvgIpc) is 2.86. The highest BCUT2D eigenvalue weighted by Crippen LogP contribution is 2.23. The van der Waals surface area contributed by atoms with Gasteiger partial charge in [0.05, 0.1) is 6.04 Å². The van der Waals surface area contributed by atoms with Crippen molar-refractivity contribution in [2.24, 2.45) is 11.7 Å². The molecule has 0 aliphatic rings. The van der Waals surface area contributed by atoms with Crippen molar-refractivity contribution in [3.8, 4) is 0 Å². The molecule has 2 unspecified atom stereocenters. The number of hydrogen-bond donors (Lipinski definition) is 1. The molecule has 0 saturated heterocycles. The number of furan rings is 1. The van der Waals surface area contributed by atoms with Gasteiger partial charge in [0.2, 0.25) is 0 Å². The van der Waals surface area contributed by atoms with Crippen LogP contribution in [0.25, 0.3) is 0 Å². The molecular weight excluding hydrogens is 224 g/mol. The molecular formula is C15H28N2O. The zero-order chi connectivity index (χ0) is 13.5. The van der Waals surface area contributed by atoms with E-state index in [0.717, 1.165) is 31.0 Å². The summed E-state index contributed by atoms with van der Waals surface area (Å²) in [6.07, 6.45) is 2.14. The summed E-state index contributed by atoms with van der Waals surface area (Å²) >= 11 is 0. The molecule has 1 heterocycles. The Bertz CT molecular complexity index is 335. The lowest BCUT2D eigenvalue weighted by Gasteiger charge is -2.30. The maximum absolute atomic E-state index is 5.95. The van der Waals surface area contributed by atoms with Gasteiger partial charge >= 0.3 is 0 Å². The van der Waals surface area contributed by atoms with Crippen LogP contribution in [0.1, 0.15) is 51.7 Å². The van der Waals surface area contributed by atoms with Crippen LogP contribution in [-0.4, -0.2) is 24.5 Å². The molecule has 0 amide bonds. The molecule has 0 aliphatic heterocycles. The standard InChI is InChI=1S/C15H28N2O/c1-5-12(4)11-17(7-3)14(10-16)15-9-8-13(6-2)18-15/h8-9,12,14H,5-7,10-11,16H2,1-4H3. The number of nitrogens with zero attached hydrogens (tertiary/aromatic N) is 1. The highest BCUT2D eigenvalue weighted by molar-refractivity contribution is 5.11. The minimum Gasteiger partial charge on any atom is -0.464 e. The van der Waals surface area contributed by atoms with Gasteiger partial charge in [-0.3, -0.25) is 4.90 Å². The second-order valence-electron chi connectivity index (χ2n) is 5.01. The Morgan fingerprint density at radius 2 is 2.00 bits per heavy atom. The van der Waals surface area contributed by atoms with E-state index in [9.17, 15) is 0 Å². The minimum absolute atomic E-state index is 0.212. The average molecular weight is 252 g/mol. The lowest BCUT2D eigenvalue weighted by atomic mass is 10.1. The SMILES string of the molecule is CCc1ccc(C(CN)N(CC)CC(C)CC)o1. The number of nitrogens with two attached hydrogens (primary N) is 1.